The van der Waals surface area contributed by atoms with Crippen LogP contribution in [0.3, 0.4) is 0 Å². The molecular formula is C10H12N2O. The van der Waals surface area contributed by atoms with Crippen LogP contribution in [-0.2, 0) is 4.79 Å². The first-order valence-electron chi connectivity index (χ1n) is 4.56. The highest BCUT2D eigenvalue weighted by Crippen LogP contribution is 2.15. The number of amides is 1. The van der Waals surface area contributed by atoms with Crippen molar-refractivity contribution in [2.75, 3.05) is 6.54 Å². The second kappa shape index (κ2) is 3.56. The quantitative estimate of drug-likeness (QED) is 0.595. The molecule has 0 aliphatic carbocycles. The van der Waals surface area contributed by atoms with Gasteiger partial charge in [0.25, 0.3) is 0 Å². The summed E-state index contributed by atoms with van der Waals surface area (Å²) in [6, 6.07) is 0. The van der Waals surface area contributed by atoms with E-state index in [9.17, 15) is 4.79 Å². The second-order valence-corrected chi connectivity index (χ2v) is 3.14. The van der Waals surface area contributed by atoms with Gasteiger partial charge in [0.2, 0.25) is 5.91 Å². The molecule has 2 aliphatic heterocycles. The lowest BCUT2D eigenvalue weighted by atomic mass is 10.2. The molecule has 0 fully saturated rings. The molecule has 2 rings (SSSR count). The Balaban J connectivity index is 2.19. The summed E-state index contributed by atoms with van der Waals surface area (Å²) >= 11 is 0. The van der Waals surface area contributed by atoms with E-state index in [1.54, 1.807) is 11.1 Å². The van der Waals surface area contributed by atoms with Crippen LogP contribution in [-0.4, -0.2) is 23.6 Å². The SMILES string of the molecule is O=C1CCC=CN1C1=CCCN=C1. The zero-order chi connectivity index (χ0) is 9.10. The Morgan fingerprint density at radius 1 is 1.38 bits per heavy atom. The van der Waals surface area contributed by atoms with E-state index in [1.165, 1.54) is 0 Å². The van der Waals surface area contributed by atoms with E-state index in [2.05, 4.69) is 11.1 Å². The molecule has 0 N–H and O–H groups in total. The van der Waals surface area contributed by atoms with Crippen LogP contribution >= 0.6 is 0 Å². The van der Waals surface area contributed by atoms with Crippen molar-refractivity contribution >= 4 is 12.1 Å². The average Bonchev–Trinajstić information content (AvgIpc) is 2.20. The molecule has 0 aromatic carbocycles. The van der Waals surface area contributed by atoms with E-state index < -0.39 is 0 Å². The third-order valence-corrected chi connectivity index (χ3v) is 2.16. The van der Waals surface area contributed by atoms with Crippen molar-refractivity contribution in [3.63, 3.8) is 0 Å². The van der Waals surface area contributed by atoms with E-state index in [-0.39, 0.29) is 5.91 Å². The molecule has 0 unspecified atom stereocenters. The van der Waals surface area contributed by atoms with E-state index in [0.29, 0.717) is 6.42 Å². The molecule has 2 heterocycles. The summed E-state index contributed by atoms with van der Waals surface area (Å²) in [6.07, 6.45) is 10.1. The van der Waals surface area contributed by atoms with Gasteiger partial charge in [-0.1, -0.05) is 12.2 Å². The second-order valence-electron chi connectivity index (χ2n) is 3.14. The van der Waals surface area contributed by atoms with Gasteiger partial charge in [0.1, 0.15) is 0 Å². The number of aliphatic imine (C=N–C) groups is 1. The number of carbonyl (C=O) groups is 1. The summed E-state index contributed by atoms with van der Waals surface area (Å²) in [4.78, 5) is 17.3. The fraction of sp³-hybridized carbons (Fsp3) is 0.400. The van der Waals surface area contributed by atoms with Gasteiger partial charge in [-0.15, -0.1) is 0 Å². The largest absolute Gasteiger partial charge is 0.291 e. The van der Waals surface area contributed by atoms with Crippen molar-refractivity contribution in [3.8, 4) is 0 Å². The summed E-state index contributed by atoms with van der Waals surface area (Å²) in [5.74, 6) is 0.169. The molecule has 0 saturated heterocycles. The minimum Gasteiger partial charge on any atom is -0.291 e. The topological polar surface area (TPSA) is 32.7 Å². The Hall–Kier alpha value is -1.38. The molecule has 2 aliphatic rings. The zero-order valence-corrected chi connectivity index (χ0v) is 7.44. The van der Waals surface area contributed by atoms with Gasteiger partial charge in [-0.25, -0.2) is 0 Å². The normalized spacial score (nSPS) is 22.0. The lowest BCUT2D eigenvalue weighted by Gasteiger charge is -2.23. The summed E-state index contributed by atoms with van der Waals surface area (Å²) in [6.45, 7) is 0.843. The molecule has 13 heavy (non-hydrogen) atoms. The van der Waals surface area contributed by atoms with Crippen molar-refractivity contribution in [1.29, 1.82) is 0 Å². The molecule has 1 amide bonds. The van der Waals surface area contributed by atoms with Gasteiger partial charge in [-0.2, -0.15) is 0 Å². The fourth-order valence-corrected chi connectivity index (χ4v) is 1.48. The van der Waals surface area contributed by atoms with Gasteiger partial charge in [-0.05, 0) is 12.8 Å². The predicted octanol–water partition coefficient (Wildman–Crippen LogP) is 1.48. The molecule has 0 aromatic rings. The third-order valence-electron chi connectivity index (χ3n) is 2.16. The zero-order valence-electron chi connectivity index (χ0n) is 7.44. The van der Waals surface area contributed by atoms with Gasteiger partial charge >= 0.3 is 0 Å². The van der Waals surface area contributed by atoms with Gasteiger partial charge < -0.3 is 0 Å². The van der Waals surface area contributed by atoms with Gasteiger partial charge in [0.15, 0.2) is 0 Å². The predicted molar refractivity (Wildman–Crippen MR) is 51.3 cm³/mol. The van der Waals surface area contributed by atoms with Crippen LogP contribution < -0.4 is 0 Å². The number of nitrogens with zero attached hydrogens (tertiary/aromatic N) is 2. The number of rotatable bonds is 1. The summed E-state index contributed by atoms with van der Waals surface area (Å²) in [5.41, 5.74) is 0.923. The summed E-state index contributed by atoms with van der Waals surface area (Å²) in [5, 5.41) is 0. The maximum absolute atomic E-state index is 11.5. The van der Waals surface area contributed by atoms with Crippen LogP contribution in [0.15, 0.2) is 29.0 Å². The van der Waals surface area contributed by atoms with Crippen LogP contribution in [0.1, 0.15) is 19.3 Å². The molecule has 0 radical (unpaired) electrons. The third kappa shape index (κ3) is 1.69. The monoisotopic (exact) mass is 176 g/mol. The van der Waals surface area contributed by atoms with Crippen LogP contribution in [0, 0.1) is 0 Å². The molecule has 0 saturated carbocycles. The van der Waals surface area contributed by atoms with Crippen LogP contribution in [0.5, 0.6) is 0 Å². The Morgan fingerprint density at radius 2 is 2.31 bits per heavy atom. The van der Waals surface area contributed by atoms with E-state index >= 15 is 0 Å². The Bertz CT molecular complexity index is 302. The van der Waals surface area contributed by atoms with Crippen molar-refractivity contribution in [2.45, 2.75) is 19.3 Å². The number of allylic oxidation sites excluding steroid dienone is 2. The van der Waals surface area contributed by atoms with E-state index in [4.69, 9.17) is 0 Å². The lowest BCUT2D eigenvalue weighted by Crippen LogP contribution is -2.28. The minimum atomic E-state index is 0.169. The first kappa shape index (κ1) is 8.23. The standard InChI is InChI=1S/C10H12N2O/c13-10-5-1-2-7-12(10)9-4-3-6-11-8-9/h2,4,7-8H,1,3,5-6H2. The molecule has 0 atom stereocenters. The number of hydrogen-bond donors (Lipinski definition) is 0. The van der Waals surface area contributed by atoms with Crippen LogP contribution in [0.25, 0.3) is 0 Å². The highest BCUT2D eigenvalue weighted by molar-refractivity contribution is 5.89. The Labute approximate surface area is 77.4 Å². The average molecular weight is 176 g/mol. The Kier molecular flexibility index (Phi) is 2.25. The van der Waals surface area contributed by atoms with Crippen LogP contribution in [0.4, 0.5) is 0 Å². The highest BCUT2D eigenvalue weighted by atomic mass is 16.2. The van der Waals surface area contributed by atoms with E-state index in [1.807, 2.05) is 12.3 Å². The lowest BCUT2D eigenvalue weighted by molar-refractivity contribution is -0.127. The van der Waals surface area contributed by atoms with Crippen molar-refractivity contribution in [1.82, 2.24) is 4.90 Å². The Morgan fingerprint density at radius 3 is 3.00 bits per heavy atom. The first-order chi connectivity index (χ1) is 6.38. The molecular weight excluding hydrogens is 164 g/mol. The number of dihydropyridines is 1. The molecule has 0 aromatic heterocycles. The minimum absolute atomic E-state index is 0.169. The summed E-state index contributed by atoms with van der Waals surface area (Å²) < 4.78 is 0. The van der Waals surface area contributed by atoms with Crippen molar-refractivity contribution < 1.29 is 4.79 Å². The van der Waals surface area contributed by atoms with Gasteiger partial charge in [0.05, 0.1) is 5.70 Å². The number of hydrogen-bond acceptors (Lipinski definition) is 2. The van der Waals surface area contributed by atoms with Gasteiger partial charge in [0, 0.05) is 25.4 Å². The number of carbonyl (C=O) groups excluding carboxylic acids is 1. The molecule has 0 spiro atoms. The molecule has 0 bridgehead atoms. The molecule has 3 nitrogen and oxygen atoms in total. The fourth-order valence-electron chi connectivity index (χ4n) is 1.48. The van der Waals surface area contributed by atoms with E-state index in [0.717, 1.165) is 25.1 Å². The van der Waals surface area contributed by atoms with Crippen molar-refractivity contribution in [2.24, 2.45) is 4.99 Å². The highest BCUT2D eigenvalue weighted by Gasteiger charge is 2.17. The smallest absolute Gasteiger partial charge is 0.231 e. The molecule has 3 heteroatoms. The first-order valence-corrected chi connectivity index (χ1v) is 4.56. The van der Waals surface area contributed by atoms with Crippen LogP contribution in [0.2, 0.25) is 0 Å². The maximum atomic E-state index is 11.5. The summed E-state index contributed by atoms with van der Waals surface area (Å²) in [7, 11) is 0. The van der Waals surface area contributed by atoms with Gasteiger partial charge in [-0.3, -0.25) is 14.7 Å². The van der Waals surface area contributed by atoms with Crippen molar-refractivity contribution in [3.05, 3.63) is 24.0 Å². The molecule has 68 valence electrons. The maximum Gasteiger partial charge on any atom is 0.231 e.